The summed E-state index contributed by atoms with van der Waals surface area (Å²) < 4.78 is 4.30. The van der Waals surface area contributed by atoms with E-state index in [0.717, 1.165) is 41.9 Å². The van der Waals surface area contributed by atoms with Crippen molar-refractivity contribution in [3.05, 3.63) is 54.1 Å². The minimum Gasteiger partial charge on any atom is -0.465 e. The predicted molar refractivity (Wildman–Crippen MR) is 127 cm³/mol. The fourth-order valence-corrected chi connectivity index (χ4v) is 4.93. The standard InChI is InChI=1S/C25H27N5O3/c1-3-29-19-9-5-4-8-16(19)15-21(29)23-26-18-14-17(11-12-20(18)28(23)2)24(31)30-13-7-6-10-22(30)27-25(32)33/h4-5,8-9,11-12,14-15,22,27H,3,6-7,10,13H2,1-2H3,(H,32,33). The van der Waals surface area contributed by atoms with Gasteiger partial charge in [-0.15, -0.1) is 0 Å². The molecule has 2 N–H and O–H groups in total. The first-order valence-electron chi connectivity index (χ1n) is 11.3. The SMILES string of the molecule is CCn1c(-c2nc3cc(C(=O)N4CCCCC4NC(=O)O)ccc3n2C)cc2ccccc21. The van der Waals surface area contributed by atoms with Crippen molar-refractivity contribution in [3.8, 4) is 11.5 Å². The van der Waals surface area contributed by atoms with Gasteiger partial charge in [0.2, 0.25) is 0 Å². The predicted octanol–water partition coefficient (Wildman–Crippen LogP) is 4.43. The Morgan fingerprint density at radius 1 is 1.12 bits per heavy atom. The van der Waals surface area contributed by atoms with Gasteiger partial charge in [0.25, 0.3) is 5.91 Å². The Labute approximate surface area is 191 Å². The number of fused-ring (bicyclic) bond motifs is 2. The van der Waals surface area contributed by atoms with E-state index in [9.17, 15) is 9.59 Å². The van der Waals surface area contributed by atoms with E-state index in [1.54, 1.807) is 11.0 Å². The van der Waals surface area contributed by atoms with Crippen LogP contribution >= 0.6 is 0 Å². The smallest absolute Gasteiger partial charge is 0.406 e. The third kappa shape index (κ3) is 3.61. The highest BCUT2D eigenvalue weighted by atomic mass is 16.4. The molecule has 0 aliphatic carbocycles. The molecular formula is C25H27N5O3. The van der Waals surface area contributed by atoms with E-state index in [1.807, 2.05) is 31.3 Å². The van der Waals surface area contributed by atoms with Gasteiger partial charge in [-0.3, -0.25) is 4.79 Å². The number of carboxylic acid groups (broad SMARTS) is 1. The summed E-state index contributed by atoms with van der Waals surface area (Å²) in [4.78, 5) is 31.0. The second-order valence-electron chi connectivity index (χ2n) is 8.49. The van der Waals surface area contributed by atoms with Crippen LogP contribution in [0.5, 0.6) is 0 Å². The molecule has 0 spiro atoms. The Morgan fingerprint density at radius 3 is 2.73 bits per heavy atom. The highest BCUT2D eigenvalue weighted by Gasteiger charge is 2.29. The first-order chi connectivity index (χ1) is 16.0. The van der Waals surface area contributed by atoms with Crippen LogP contribution in [0.1, 0.15) is 36.5 Å². The number of rotatable bonds is 4. The number of hydrogen-bond donors (Lipinski definition) is 2. The van der Waals surface area contributed by atoms with E-state index >= 15 is 0 Å². The van der Waals surface area contributed by atoms with Crippen LogP contribution in [0.25, 0.3) is 33.5 Å². The second-order valence-corrected chi connectivity index (χ2v) is 8.49. The molecule has 1 fully saturated rings. The van der Waals surface area contributed by atoms with Crippen molar-refractivity contribution < 1.29 is 14.7 Å². The van der Waals surface area contributed by atoms with Gasteiger partial charge in [0.1, 0.15) is 6.17 Å². The Bertz CT molecular complexity index is 1370. The van der Waals surface area contributed by atoms with Gasteiger partial charge in [-0.1, -0.05) is 18.2 Å². The normalized spacial score (nSPS) is 16.4. The molecule has 0 saturated carbocycles. The molecule has 0 bridgehead atoms. The summed E-state index contributed by atoms with van der Waals surface area (Å²) in [7, 11) is 1.99. The number of likely N-dealkylation sites (tertiary alicyclic amines) is 1. The molecule has 1 unspecified atom stereocenters. The molecule has 2 aromatic heterocycles. The largest absolute Gasteiger partial charge is 0.465 e. The van der Waals surface area contributed by atoms with Crippen molar-refractivity contribution in [1.82, 2.24) is 24.3 Å². The third-order valence-electron chi connectivity index (χ3n) is 6.54. The lowest BCUT2D eigenvalue weighted by molar-refractivity contribution is 0.0565. The molecule has 3 heterocycles. The van der Waals surface area contributed by atoms with Crippen LogP contribution in [0, 0.1) is 0 Å². The Morgan fingerprint density at radius 2 is 1.94 bits per heavy atom. The number of nitrogens with zero attached hydrogens (tertiary/aromatic N) is 4. The number of para-hydroxylation sites is 1. The molecule has 170 valence electrons. The molecule has 1 atom stereocenters. The number of amides is 2. The third-order valence-corrected chi connectivity index (χ3v) is 6.54. The summed E-state index contributed by atoms with van der Waals surface area (Å²) in [5.41, 5.74) is 4.40. The van der Waals surface area contributed by atoms with Crippen molar-refractivity contribution in [2.24, 2.45) is 7.05 Å². The molecule has 2 aromatic carbocycles. The van der Waals surface area contributed by atoms with Gasteiger partial charge in [0.05, 0.1) is 16.7 Å². The lowest BCUT2D eigenvalue weighted by atomic mass is 10.1. The number of imidazole rings is 1. The van der Waals surface area contributed by atoms with Gasteiger partial charge in [-0.05, 0) is 56.5 Å². The topological polar surface area (TPSA) is 92.4 Å². The van der Waals surface area contributed by atoms with Crippen molar-refractivity contribution in [1.29, 1.82) is 0 Å². The van der Waals surface area contributed by atoms with Gasteiger partial charge >= 0.3 is 6.09 Å². The molecule has 1 saturated heterocycles. The molecule has 1 aliphatic heterocycles. The molecule has 8 nitrogen and oxygen atoms in total. The molecule has 0 radical (unpaired) electrons. The Hall–Kier alpha value is -3.81. The van der Waals surface area contributed by atoms with Gasteiger partial charge in [-0.2, -0.15) is 0 Å². The summed E-state index contributed by atoms with van der Waals surface area (Å²) >= 11 is 0. The number of carbonyl (C=O) groups excluding carboxylic acids is 1. The number of nitrogens with one attached hydrogen (secondary N) is 1. The lowest BCUT2D eigenvalue weighted by Crippen LogP contribution is -2.52. The summed E-state index contributed by atoms with van der Waals surface area (Å²) in [5.74, 6) is 0.668. The lowest BCUT2D eigenvalue weighted by Gasteiger charge is -2.35. The maximum atomic E-state index is 13.3. The maximum Gasteiger partial charge on any atom is 0.406 e. The molecule has 8 heteroatoms. The molecule has 5 rings (SSSR count). The van der Waals surface area contributed by atoms with Crippen LogP contribution in [0.4, 0.5) is 4.79 Å². The van der Waals surface area contributed by atoms with Crippen LogP contribution in [-0.4, -0.2) is 48.8 Å². The van der Waals surface area contributed by atoms with E-state index in [-0.39, 0.29) is 5.91 Å². The number of carbonyl (C=O) groups is 2. The van der Waals surface area contributed by atoms with Gasteiger partial charge in [0, 0.05) is 36.6 Å². The number of aromatic nitrogens is 3. The number of aryl methyl sites for hydroxylation is 2. The molecular weight excluding hydrogens is 418 g/mol. The van der Waals surface area contributed by atoms with Crippen LogP contribution in [-0.2, 0) is 13.6 Å². The van der Waals surface area contributed by atoms with Gasteiger partial charge in [0.15, 0.2) is 5.82 Å². The highest BCUT2D eigenvalue weighted by Crippen LogP contribution is 2.30. The van der Waals surface area contributed by atoms with Crippen LogP contribution in [0.3, 0.4) is 0 Å². The number of hydrogen-bond acceptors (Lipinski definition) is 3. The van der Waals surface area contributed by atoms with Crippen LogP contribution < -0.4 is 5.32 Å². The quantitative estimate of drug-likeness (QED) is 0.486. The maximum absolute atomic E-state index is 13.3. The van der Waals surface area contributed by atoms with Crippen molar-refractivity contribution >= 4 is 33.9 Å². The summed E-state index contributed by atoms with van der Waals surface area (Å²) in [6.45, 7) is 3.48. The van der Waals surface area contributed by atoms with Crippen molar-refractivity contribution in [3.63, 3.8) is 0 Å². The molecule has 1 aliphatic rings. The monoisotopic (exact) mass is 445 g/mol. The minimum atomic E-state index is -1.11. The summed E-state index contributed by atoms with van der Waals surface area (Å²) in [6.07, 6.45) is 0.759. The molecule has 4 aromatic rings. The molecule has 33 heavy (non-hydrogen) atoms. The number of piperidine rings is 1. The summed E-state index contributed by atoms with van der Waals surface area (Å²) in [5, 5.41) is 12.8. The Balaban J connectivity index is 1.54. The van der Waals surface area contributed by atoms with Gasteiger partial charge < -0.3 is 24.5 Å². The summed E-state index contributed by atoms with van der Waals surface area (Å²) in [6, 6.07) is 16.0. The van der Waals surface area contributed by atoms with E-state index < -0.39 is 12.3 Å². The number of benzene rings is 2. The van der Waals surface area contributed by atoms with Gasteiger partial charge in [-0.25, -0.2) is 9.78 Å². The first kappa shape index (κ1) is 21.1. The van der Waals surface area contributed by atoms with E-state index in [4.69, 9.17) is 10.1 Å². The van der Waals surface area contributed by atoms with Crippen molar-refractivity contribution in [2.75, 3.05) is 6.54 Å². The fourth-order valence-electron chi connectivity index (χ4n) is 4.93. The molecule has 2 amide bonds. The highest BCUT2D eigenvalue weighted by molar-refractivity contribution is 5.98. The zero-order chi connectivity index (χ0) is 23.1. The van der Waals surface area contributed by atoms with Crippen LogP contribution in [0.2, 0.25) is 0 Å². The van der Waals surface area contributed by atoms with E-state index in [0.29, 0.717) is 18.5 Å². The average Bonchev–Trinajstić information content (AvgIpc) is 3.35. The van der Waals surface area contributed by atoms with E-state index in [1.165, 1.54) is 10.9 Å². The van der Waals surface area contributed by atoms with E-state index in [2.05, 4.69) is 39.6 Å². The zero-order valence-electron chi connectivity index (χ0n) is 18.8. The van der Waals surface area contributed by atoms with Crippen LogP contribution in [0.15, 0.2) is 48.5 Å². The fraction of sp³-hybridized carbons (Fsp3) is 0.320. The second kappa shape index (κ2) is 8.27. The minimum absolute atomic E-state index is 0.176. The van der Waals surface area contributed by atoms with Crippen molar-refractivity contribution in [2.45, 2.75) is 38.9 Å². The first-order valence-corrected chi connectivity index (χ1v) is 11.3. The average molecular weight is 446 g/mol. The Kier molecular flexibility index (Phi) is 5.28. The zero-order valence-corrected chi connectivity index (χ0v) is 18.8.